The summed E-state index contributed by atoms with van der Waals surface area (Å²) in [5.74, 6) is 3.37. The Kier molecular flexibility index (Phi) is 6.06. The van der Waals surface area contributed by atoms with Gasteiger partial charge in [-0.3, -0.25) is 0 Å². The molecule has 3 heteroatoms. The van der Waals surface area contributed by atoms with Crippen molar-refractivity contribution in [2.75, 3.05) is 0 Å². The van der Waals surface area contributed by atoms with E-state index in [0.29, 0.717) is 41.9 Å². The Morgan fingerprint density at radius 1 is 0.935 bits per heavy atom. The summed E-state index contributed by atoms with van der Waals surface area (Å²) in [4.78, 5) is 0. The Morgan fingerprint density at radius 2 is 1.65 bits per heavy atom. The van der Waals surface area contributed by atoms with Gasteiger partial charge in [0.1, 0.15) is 11.7 Å². The SMILES string of the molecule is CC(C)C(C)C=CC(C)[C@H]1CC[C@H]2C3=CC(O)C4(O)C[C@@H](O)CC[C@]4(C)[C@H]3CC[C@]12C. The third kappa shape index (κ3) is 3.49. The van der Waals surface area contributed by atoms with E-state index >= 15 is 0 Å². The molecule has 10 atom stereocenters. The van der Waals surface area contributed by atoms with Crippen LogP contribution in [0, 0.1) is 46.3 Å². The van der Waals surface area contributed by atoms with Crippen LogP contribution in [-0.2, 0) is 0 Å². The fourth-order valence-electron chi connectivity index (χ4n) is 8.16. The van der Waals surface area contributed by atoms with Crippen LogP contribution in [0.2, 0.25) is 0 Å². The quantitative estimate of drug-likeness (QED) is 0.516. The molecule has 0 saturated heterocycles. The van der Waals surface area contributed by atoms with Gasteiger partial charge < -0.3 is 15.3 Å². The lowest BCUT2D eigenvalue weighted by Crippen LogP contribution is -2.65. The van der Waals surface area contributed by atoms with Crippen molar-refractivity contribution in [2.45, 2.75) is 104 Å². The van der Waals surface area contributed by atoms with Gasteiger partial charge in [0.25, 0.3) is 0 Å². The van der Waals surface area contributed by atoms with Crippen molar-refractivity contribution < 1.29 is 15.3 Å². The Hall–Kier alpha value is -0.640. The molecule has 4 unspecified atom stereocenters. The van der Waals surface area contributed by atoms with Crippen LogP contribution in [0.4, 0.5) is 0 Å². The summed E-state index contributed by atoms with van der Waals surface area (Å²) in [6.45, 7) is 14.0. The Balaban J connectivity index is 1.61. The molecule has 0 radical (unpaired) electrons. The summed E-state index contributed by atoms with van der Waals surface area (Å²) in [6, 6.07) is 0. The van der Waals surface area contributed by atoms with Crippen molar-refractivity contribution in [3.05, 3.63) is 23.8 Å². The van der Waals surface area contributed by atoms with Crippen LogP contribution in [-0.4, -0.2) is 33.1 Å². The van der Waals surface area contributed by atoms with Gasteiger partial charge in [0.2, 0.25) is 0 Å². The molecule has 0 aromatic heterocycles. The second kappa shape index (κ2) is 7.99. The van der Waals surface area contributed by atoms with Crippen molar-refractivity contribution in [3.63, 3.8) is 0 Å². The van der Waals surface area contributed by atoms with Gasteiger partial charge in [-0.25, -0.2) is 0 Å². The molecule has 176 valence electrons. The first-order valence-corrected chi connectivity index (χ1v) is 12.9. The van der Waals surface area contributed by atoms with E-state index in [1.807, 2.05) is 6.08 Å². The molecular weight excluding hydrogens is 384 g/mol. The summed E-state index contributed by atoms with van der Waals surface area (Å²) in [6.07, 6.45) is 12.1. The van der Waals surface area contributed by atoms with Crippen LogP contribution in [0.1, 0.15) is 86.5 Å². The largest absolute Gasteiger partial charge is 0.393 e. The average molecular weight is 431 g/mol. The standard InChI is InChI=1S/C28H46O3/c1-17(2)18(3)7-8-19(4)22-9-10-23-21-15-25(30)28(31)16-20(29)11-14-27(28,6)24(21)12-13-26(22,23)5/h7-8,15,17-20,22-25,29-31H,9-14,16H2,1-6H3/t18?,19?,20-,22+,23-,24-,25?,26+,27+,28?/m0/s1. The number of hydrogen-bond donors (Lipinski definition) is 3. The van der Waals surface area contributed by atoms with E-state index in [-0.39, 0.29) is 10.8 Å². The fourth-order valence-corrected chi connectivity index (χ4v) is 8.16. The molecule has 0 amide bonds. The maximum atomic E-state index is 11.6. The van der Waals surface area contributed by atoms with Gasteiger partial charge >= 0.3 is 0 Å². The molecule has 3 N–H and O–H groups in total. The van der Waals surface area contributed by atoms with Crippen molar-refractivity contribution in [3.8, 4) is 0 Å². The molecule has 0 heterocycles. The Bertz CT molecular complexity index is 741. The number of fused-ring (bicyclic) bond motifs is 5. The molecule has 3 saturated carbocycles. The Labute approximate surface area is 190 Å². The first-order chi connectivity index (χ1) is 14.4. The van der Waals surface area contributed by atoms with Gasteiger partial charge in [-0.1, -0.05) is 65.3 Å². The van der Waals surface area contributed by atoms with E-state index < -0.39 is 17.8 Å². The van der Waals surface area contributed by atoms with Crippen LogP contribution in [0.15, 0.2) is 23.8 Å². The summed E-state index contributed by atoms with van der Waals surface area (Å²) in [7, 11) is 0. The smallest absolute Gasteiger partial charge is 0.102 e. The second-order valence-corrected chi connectivity index (χ2v) is 12.5. The molecule has 4 rings (SSSR count). The Morgan fingerprint density at radius 3 is 2.32 bits per heavy atom. The van der Waals surface area contributed by atoms with Gasteiger partial charge in [0, 0.05) is 11.8 Å². The van der Waals surface area contributed by atoms with E-state index in [1.165, 1.54) is 24.8 Å². The molecule has 0 aliphatic heterocycles. The first-order valence-electron chi connectivity index (χ1n) is 12.9. The van der Waals surface area contributed by atoms with Crippen molar-refractivity contribution in [1.82, 2.24) is 0 Å². The second-order valence-electron chi connectivity index (χ2n) is 12.5. The highest BCUT2D eigenvalue weighted by molar-refractivity contribution is 5.33. The zero-order valence-electron chi connectivity index (χ0n) is 20.6. The molecule has 3 nitrogen and oxygen atoms in total. The molecule has 31 heavy (non-hydrogen) atoms. The number of hydrogen-bond acceptors (Lipinski definition) is 3. The third-order valence-electron chi connectivity index (χ3n) is 10.7. The maximum Gasteiger partial charge on any atom is 0.102 e. The van der Waals surface area contributed by atoms with Crippen LogP contribution in [0.5, 0.6) is 0 Å². The van der Waals surface area contributed by atoms with Crippen molar-refractivity contribution in [1.29, 1.82) is 0 Å². The fraction of sp³-hybridized carbons (Fsp3) is 0.857. The van der Waals surface area contributed by atoms with Gasteiger partial charge in [0.15, 0.2) is 0 Å². The molecule has 0 aromatic rings. The van der Waals surface area contributed by atoms with E-state index in [1.54, 1.807) is 0 Å². The van der Waals surface area contributed by atoms with Gasteiger partial charge in [0.05, 0.1) is 6.10 Å². The minimum absolute atomic E-state index is 0.271. The normalized spacial score (nSPS) is 49.4. The van der Waals surface area contributed by atoms with E-state index in [4.69, 9.17) is 0 Å². The van der Waals surface area contributed by atoms with Gasteiger partial charge in [-0.15, -0.1) is 0 Å². The highest BCUT2D eigenvalue weighted by Crippen LogP contribution is 2.67. The molecule has 0 aromatic carbocycles. The molecule has 0 spiro atoms. The van der Waals surface area contributed by atoms with E-state index in [0.717, 1.165) is 19.3 Å². The molecule has 4 aliphatic rings. The summed E-state index contributed by atoms with van der Waals surface area (Å²) >= 11 is 0. The average Bonchev–Trinajstić information content (AvgIpc) is 3.05. The summed E-state index contributed by atoms with van der Waals surface area (Å²) in [5, 5.41) is 32.9. The lowest BCUT2D eigenvalue weighted by Gasteiger charge is -2.62. The predicted molar refractivity (Wildman–Crippen MR) is 126 cm³/mol. The van der Waals surface area contributed by atoms with Crippen LogP contribution in [0.25, 0.3) is 0 Å². The zero-order valence-corrected chi connectivity index (χ0v) is 20.6. The lowest BCUT2D eigenvalue weighted by atomic mass is 9.45. The van der Waals surface area contributed by atoms with Crippen LogP contribution in [0.3, 0.4) is 0 Å². The number of aliphatic hydroxyl groups is 3. The lowest BCUT2D eigenvalue weighted by molar-refractivity contribution is -0.210. The zero-order chi connectivity index (χ0) is 22.8. The number of rotatable bonds is 4. The third-order valence-corrected chi connectivity index (χ3v) is 10.7. The van der Waals surface area contributed by atoms with E-state index in [9.17, 15) is 15.3 Å². The monoisotopic (exact) mass is 430 g/mol. The maximum absolute atomic E-state index is 11.6. The topological polar surface area (TPSA) is 60.7 Å². The molecular formula is C28H46O3. The molecule has 4 aliphatic carbocycles. The highest BCUT2D eigenvalue weighted by Gasteiger charge is 2.64. The summed E-state index contributed by atoms with van der Waals surface area (Å²) < 4.78 is 0. The van der Waals surface area contributed by atoms with Crippen LogP contribution < -0.4 is 0 Å². The molecule has 3 fully saturated rings. The summed E-state index contributed by atoms with van der Waals surface area (Å²) in [5.41, 5.74) is 0.160. The van der Waals surface area contributed by atoms with Gasteiger partial charge in [-0.05, 0) is 79.4 Å². The van der Waals surface area contributed by atoms with E-state index in [2.05, 4.69) is 53.7 Å². The predicted octanol–water partition coefficient (Wildman–Crippen LogP) is 5.50. The van der Waals surface area contributed by atoms with Gasteiger partial charge in [-0.2, -0.15) is 0 Å². The minimum atomic E-state index is -1.20. The first kappa shape index (κ1) is 23.5. The van der Waals surface area contributed by atoms with Crippen molar-refractivity contribution in [2.24, 2.45) is 46.3 Å². The van der Waals surface area contributed by atoms with Crippen molar-refractivity contribution >= 4 is 0 Å². The number of allylic oxidation sites excluding steroid dienone is 3. The van der Waals surface area contributed by atoms with Crippen LogP contribution >= 0.6 is 0 Å². The highest BCUT2D eigenvalue weighted by atomic mass is 16.3. The minimum Gasteiger partial charge on any atom is -0.393 e. The number of aliphatic hydroxyl groups excluding tert-OH is 2. The molecule has 0 bridgehead atoms.